The molecule has 1 aliphatic heterocycles. The molecule has 1 unspecified atom stereocenters. The first-order chi connectivity index (χ1) is 9.11. The average Bonchev–Trinajstić information content (AvgIpc) is 2.39. The highest BCUT2D eigenvalue weighted by atomic mass is 19.1. The molecule has 106 valence electrons. The van der Waals surface area contributed by atoms with Crippen molar-refractivity contribution in [1.29, 1.82) is 0 Å². The minimum Gasteiger partial charge on any atom is -0.493 e. The van der Waals surface area contributed by atoms with Crippen molar-refractivity contribution in [3.8, 4) is 5.75 Å². The van der Waals surface area contributed by atoms with E-state index in [1.807, 2.05) is 0 Å². The van der Waals surface area contributed by atoms with E-state index in [4.69, 9.17) is 4.74 Å². The smallest absolute Gasteiger partial charge is 0.165 e. The minimum atomic E-state index is -0.229. The van der Waals surface area contributed by atoms with Crippen LogP contribution in [0.25, 0.3) is 0 Å². The van der Waals surface area contributed by atoms with Crippen LogP contribution in [-0.4, -0.2) is 20.2 Å². The van der Waals surface area contributed by atoms with Gasteiger partial charge >= 0.3 is 0 Å². The van der Waals surface area contributed by atoms with E-state index in [1.54, 1.807) is 13.2 Å². The molecule has 1 heterocycles. The van der Waals surface area contributed by atoms with Crippen LogP contribution in [0.2, 0.25) is 0 Å². The van der Waals surface area contributed by atoms with Crippen LogP contribution >= 0.6 is 0 Å². The largest absolute Gasteiger partial charge is 0.493 e. The molecular formula is C16H24FNO. The van der Waals surface area contributed by atoms with Crippen LogP contribution in [0, 0.1) is 11.7 Å². The van der Waals surface area contributed by atoms with Gasteiger partial charge in [0.25, 0.3) is 0 Å². The summed E-state index contributed by atoms with van der Waals surface area (Å²) in [5.41, 5.74) is 2.07. The number of rotatable bonds is 4. The molecule has 3 heteroatoms. The third-order valence-corrected chi connectivity index (χ3v) is 3.92. The van der Waals surface area contributed by atoms with Crippen molar-refractivity contribution in [3.63, 3.8) is 0 Å². The van der Waals surface area contributed by atoms with Gasteiger partial charge in [0, 0.05) is 0 Å². The molecule has 2 rings (SSSR count). The van der Waals surface area contributed by atoms with Crippen LogP contribution in [0.3, 0.4) is 0 Å². The molecule has 1 saturated heterocycles. The molecule has 1 fully saturated rings. The van der Waals surface area contributed by atoms with Crippen LogP contribution in [0.1, 0.15) is 43.7 Å². The molecule has 19 heavy (non-hydrogen) atoms. The number of methoxy groups -OCH3 is 1. The predicted molar refractivity (Wildman–Crippen MR) is 76.3 cm³/mol. The van der Waals surface area contributed by atoms with Crippen LogP contribution < -0.4 is 10.1 Å². The van der Waals surface area contributed by atoms with Crippen molar-refractivity contribution < 1.29 is 9.13 Å². The standard InChI is InChI=1S/C16H24FNO/c1-11(2)13-8-14(16(19-3)15(17)9-13)7-12-5-4-6-18-10-12/h8-9,11-12,18H,4-7,10H2,1-3H3. The van der Waals surface area contributed by atoms with Gasteiger partial charge in [-0.25, -0.2) is 4.39 Å². The van der Waals surface area contributed by atoms with Gasteiger partial charge in [-0.2, -0.15) is 0 Å². The van der Waals surface area contributed by atoms with Gasteiger partial charge in [0.05, 0.1) is 7.11 Å². The summed E-state index contributed by atoms with van der Waals surface area (Å²) in [6, 6.07) is 3.72. The SMILES string of the molecule is COc1c(F)cc(C(C)C)cc1CC1CCCNC1. The minimum absolute atomic E-state index is 0.229. The second kappa shape index (κ2) is 6.38. The van der Waals surface area contributed by atoms with E-state index in [-0.39, 0.29) is 5.82 Å². The van der Waals surface area contributed by atoms with Gasteiger partial charge in [0.1, 0.15) is 0 Å². The normalized spacial score (nSPS) is 19.7. The van der Waals surface area contributed by atoms with E-state index in [0.717, 1.165) is 30.6 Å². The molecule has 1 N–H and O–H groups in total. The van der Waals surface area contributed by atoms with Crippen molar-refractivity contribution in [1.82, 2.24) is 5.32 Å². The van der Waals surface area contributed by atoms with Gasteiger partial charge in [0.15, 0.2) is 11.6 Å². The molecule has 0 radical (unpaired) electrons. The van der Waals surface area contributed by atoms with Crippen molar-refractivity contribution in [3.05, 3.63) is 29.1 Å². The number of nitrogens with one attached hydrogen (secondary N) is 1. The second-order valence-corrected chi connectivity index (χ2v) is 5.77. The van der Waals surface area contributed by atoms with Crippen molar-refractivity contribution in [2.75, 3.05) is 20.2 Å². The van der Waals surface area contributed by atoms with E-state index in [2.05, 4.69) is 25.2 Å². The summed E-state index contributed by atoms with van der Waals surface area (Å²) in [6.07, 6.45) is 3.32. The first-order valence-corrected chi connectivity index (χ1v) is 7.18. The lowest BCUT2D eigenvalue weighted by molar-refractivity contribution is 0.354. The molecule has 0 amide bonds. The Morgan fingerprint density at radius 1 is 1.42 bits per heavy atom. The fourth-order valence-corrected chi connectivity index (χ4v) is 2.80. The number of hydrogen-bond donors (Lipinski definition) is 1. The Morgan fingerprint density at radius 3 is 2.79 bits per heavy atom. The highest BCUT2D eigenvalue weighted by Crippen LogP contribution is 2.30. The second-order valence-electron chi connectivity index (χ2n) is 5.77. The predicted octanol–water partition coefficient (Wildman–Crippen LogP) is 3.50. The maximum absolute atomic E-state index is 14.1. The Morgan fingerprint density at radius 2 is 2.21 bits per heavy atom. The van der Waals surface area contributed by atoms with E-state index < -0.39 is 0 Å². The summed E-state index contributed by atoms with van der Waals surface area (Å²) in [7, 11) is 1.55. The molecule has 1 atom stereocenters. The Bertz CT molecular complexity index is 425. The zero-order chi connectivity index (χ0) is 13.8. The zero-order valence-electron chi connectivity index (χ0n) is 12.1. The molecule has 0 spiro atoms. The first-order valence-electron chi connectivity index (χ1n) is 7.18. The van der Waals surface area contributed by atoms with Gasteiger partial charge in [-0.15, -0.1) is 0 Å². The summed E-state index contributed by atoms with van der Waals surface area (Å²) in [4.78, 5) is 0. The van der Waals surface area contributed by atoms with Crippen molar-refractivity contribution in [2.45, 2.75) is 39.0 Å². The van der Waals surface area contributed by atoms with Gasteiger partial charge in [0.2, 0.25) is 0 Å². The molecule has 1 aromatic carbocycles. The molecule has 0 aliphatic carbocycles. The molecule has 0 bridgehead atoms. The molecule has 1 aromatic rings. The summed E-state index contributed by atoms with van der Waals surface area (Å²) in [5, 5.41) is 3.41. The van der Waals surface area contributed by atoms with Gasteiger partial charge < -0.3 is 10.1 Å². The quantitative estimate of drug-likeness (QED) is 0.899. The summed E-state index contributed by atoms with van der Waals surface area (Å²) in [5.74, 6) is 1.12. The Kier molecular flexibility index (Phi) is 4.81. The molecule has 0 aromatic heterocycles. The zero-order valence-corrected chi connectivity index (χ0v) is 12.1. The van der Waals surface area contributed by atoms with E-state index in [9.17, 15) is 4.39 Å². The van der Waals surface area contributed by atoms with Crippen LogP contribution in [-0.2, 0) is 6.42 Å². The first kappa shape index (κ1) is 14.3. The fourth-order valence-electron chi connectivity index (χ4n) is 2.80. The maximum atomic E-state index is 14.1. The summed E-state index contributed by atoms with van der Waals surface area (Å²) >= 11 is 0. The lowest BCUT2D eigenvalue weighted by atomic mass is 9.90. The van der Waals surface area contributed by atoms with Crippen LogP contribution in [0.5, 0.6) is 5.75 Å². The van der Waals surface area contributed by atoms with Gasteiger partial charge in [-0.05, 0) is 61.4 Å². The van der Waals surface area contributed by atoms with Gasteiger partial charge in [-0.1, -0.05) is 19.9 Å². The Hall–Kier alpha value is -1.09. The number of ether oxygens (including phenoxy) is 1. The van der Waals surface area contributed by atoms with Crippen molar-refractivity contribution >= 4 is 0 Å². The third-order valence-electron chi connectivity index (χ3n) is 3.92. The highest BCUT2D eigenvalue weighted by Gasteiger charge is 2.19. The molecular weight excluding hydrogens is 241 g/mol. The molecule has 2 nitrogen and oxygen atoms in total. The summed E-state index contributed by atoms with van der Waals surface area (Å²) in [6.45, 7) is 6.31. The average molecular weight is 265 g/mol. The number of piperidine rings is 1. The summed E-state index contributed by atoms with van der Waals surface area (Å²) < 4.78 is 19.3. The van der Waals surface area contributed by atoms with Crippen LogP contribution in [0.4, 0.5) is 4.39 Å². The Labute approximate surface area is 115 Å². The van der Waals surface area contributed by atoms with Crippen LogP contribution in [0.15, 0.2) is 12.1 Å². The highest BCUT2D eigenvalue weighted by molar-refractivity contribution is 5.40. The third kappa shape index (κ3) is 3.47. The molecule has 0 saturated carbocycles. The van der Waals surface area contributed by atoms with E-state index in [0.29, 0.717) is 17.6 Å². The van der Waals surface area contributed by atoms with E-state index in [1.165, 1.54) is 12.8 Å². The molecule has 1 aliphatic rings. The number of halogens is 1. The van der Waals surface area contributed by atoms with E-state index >= 15 is 0 Å². The topological polar surface area (TPSA) is 21.3 Å². The lowest BCUT2D eigenvalue weighted by Crippen LogP contribution is -2.31. The number of hydrogen-bond acceptors (Lipinski definition) is 2. The van der Waals surface area contributed by atoms with Crippen molar-refractivity contribution in [2.24, 2.45) is 5.92 Å². The Balaban J connectivity index is 2.25. The lowest BCUT2D eigenvalue weighted by Gasteiger charge is -2.24. The fraction of sp³-hybridized carbons (Fsp3) is 0.625. The monoisotopic (exact) mass is 265 g/mol. The van der Waals surface area contributed by atoms with Gasteiger partial charge in [-0.3, -0.25) is 0 Å². The maximum Gasteiger partial charge on any atom is 0.165 e. The number of benzene rings is 1.